The van der Waals surface area contributed by atoms with E-state index in [2.05, 4.69) is 12.2 Å². The average Bonchev–Trinajstić information content (AvgIpc) is 2.13. The third kappa shape index (κ3) is 1.49. The number of amides is 1. The molecule has 0 aliphatic heterocycles. The first-order valence-corrected chi connectivity index (χ1v) is 6.84. The molecular formula is C14H23NO. The molecule has 4 aliphatic carbocycles. The van der Waals surface area contributed by atoms with Crippen LogP contribution in [0.3, 0.4) is 0 Å². The molecule has 0 aromatic carbocycles. The lowest BCUT2D eigenvalue weighted by molar-refractivity contribution is -0.129. The highest BCUT2D eigenvalue weighted by molar-refractivity contribution is 5.74. The Kier molecular flexibility index (Phi) is 2.15. The van der Waals surface area contributed by atoms with E-state index in [0.29, 0.717) is 5.41 Å². The van der Waals surface area contributed by atoms with Gasteiger partial charge in [0.05, 0.1) is 0 Å². The highest BCUT2D eigenvalue weighted by Gasteiger charge is 2.57. The first kappa shape index (κ1) is 10.6. The summed E-state index contributed by atoms with van der Waals surface area (Å²) in [7, 11) is 0. The molecule has 1 N–H and O–H groups in total. The lowest BCUT2D eigenvalue weighted by atomic mass is 9.46. The summed E-state index contributed by atoms with van der Waals surface area (Å²) in [5, 5.41) is 3.31. The zero-order valence-corrected chi connectivity index (χ0v) is 10.5. The van der Waals surface area contributed by atoms with Gasteiger partial charge in [0.15, 0.2) is 0 Å². The summed E-state index contributed by atoms with van der Waals surface area (Å²) in [5.41, 5.74) is 0.762. The second-order valence-corrected chi connectivity index (χ2v) is 6.78. The van der Waals surface area contributed by atoms with Gasteiger partial charge in [-0.25, -0.2) is 0 Å². The molecule has 90 valence electrons. The van der Waals surface area contributed by atoms with Gasteiger partial charge in [-0.3, -0.25) is 4.79 Å². The van der Waals surface area contributed by atoms with Crippen LogP contribution in [0, 0.1) is 17.3 Å². The molecule has 0 saturated heterocycles. The summed E-state index contributed by atoms with van der Waals surface area (Å²) in [6, 6.07) is 0. The Balaban J connectivity index is 1.89. The molecule has 0 heterocycles. The van der Waals surface area contributed by atoms with Crippen LogP contribution in [-0.4, -0.2) is 11.4 Å². The standard InChI is InChI=1S/C14H23NO/c1-3-13-5-11-4-12(6-13)8-14(7-11,9-13)15-10(2)16/h11-12H,3-9H2,1-2H3,(H,15,16). The van der Waals surface area contributed by atoms with E-state index in [1.54, 1.807) is 6.92 Å². The Morgan fingerprint density at radius 1 is 1.25 bits per heavy atom. The van der Waals surface area contributed by atoms with E-state index in [4.69, 9.17) is 0 Å². The van der Waals surface area contributed by atoms with Crippen molar-refractivity contribution >= 4 is 5.91 Å². The van der Waals surface area contributed by atoms with Gasteiger partial charge in [-0.2, -0.15) is 0 Å². The van der Waals surface area contributed by atoms with E-state index < -0.39 is 0 Å². The van der Waals surface area contributed by atoms with E-state index in [1.165, 1.54) is 44.9 Å². The molecule has 0 spiro atoms. The predicted octanol–water partition coefficient (Wildman–Crippen LogP) is 2.87. The maximum Gasteiger partial charge on any atom is 0.217 e. The number of nitrogens with one attached hydrogen (secondary N) is 1. The number of carbonyl (C=O) groups excluding carboxylic acids is 1. The molecule has 0 aromatic rings. The van der Waals surface area contributed by atoms with Crippen molar-refractivity contribution in [1.82, 2.24) is 5.32 Å². The van der Waals surface area contributed by atoms with Crippen molar-refractivity contribution in [3.63, 3.8) is 0 Å². The topological polar surface area (TPSA) is 29.1 Å². The maximum atomic E-state index is 11.4. The molecule has 0 radical (unpaired) electrons. The van der Waals surface area contributed by atoms with Gasteiger partial charge in [-0.05, 0) is 55.8 Å². The minimum Gasteiger partial charge on any atom is -0.351 e. The smallest absolute Gasteiger partial charge is 0.217 e. The van der Waals surface area contributed by atoms with Crippen LogP contribution in [0.15, 0.2) is 0 Å². The van der Waals surface area contributed by atoms with Gasteiger partial charge in [-0.15, -0.1) is 0 Å². The average molecular weight is 221 g/mol. The lowest BCUT2D eigenvalue weighted by Crippen LogP contribution is -2.62. The Hall–Kier alpha value is -0.530. The van der Waals surface area contributed by atoms with Crippen LogP contribution in [0.5, 0.6) is 0 Å². The fraction of sp³-hybridized carbons (Fsp3) is 0.929. The van der Waals surface area contributed by atoms with Crippen molar-refractivity contribution in [2.75, 3.05) is 0 Å². The molecule has 1 amide bonds. The summed E-state index contributed by atoms with van der Waals surface area (Å²) in [6.45, 7) is 4.02. The van der Waals surface area contributed by atoms with Crippen molar-refractivity contribution in [1.29, 1.82) is 0 Å². The van der Waals surface area contributed by atoms with Crippen LogP contribution >= 0.6 is 0 Å². The summed E-state index contributed by atoms with van der Waals surface area (Å²) >= 11 is 0. The van der Waals surface area contributed by atoms with Gasteiger partial charge in [0.1, 0.15) is 0 Å². The van der Waals surface area contributed by atoms with Gasteiger partial charge in [0, 0.05) is 12.5 Å². The zero-order valence-electron chi connectivity index (χ0n) is 10.5. The number of rotatable bonds is 2. The minimum atomic E-state index is 0.174. The van der Waals surface area contributed by atoms with Crippen molar-refractivity contribution < 1.29 is 4.79 Å². The second kappa shape index (κ2) is 3.24. The quantitative estimate of drug-likeness (QED) is 0.763. The number of carbonyl (C=O) groups is 1. The van der Waals surface area contributed by atoms with Crippen LogP contribution < -0.4 is 5.32 Å². The second-order valence-electron chi connectivity index (χ2n) is 6.78. The normalized spacial score (nSPS) is 49.4. The number of hydrogen-bond donors (Lipinski definition) is 1. The Labute approximate surface area is 98.2 Å². The molecule has 2 unspecified atom stereocenters. The van der Waals surface area contributed by atoms with Crippen LogP contribution in [0.2, 0.25) is 0 Å². The highest BCUT2D eigenvalue weighted by Crippen LogP contribution is 2.62. The maximum absolute atomic E-state index is 11.4. The van der Waals surface area contributed by atoms with Crippen LogP contribution in [0.1, 0.15) is 58.8 Å². The van der Waals surface area contributed by atoms with Crippen molar-refractivity contribution in [2.24, 2.45) is 17.3 Å². The van der Waals surface area contributed by atoms with Crippen LogP contribution in [0.25, 0.3) is 0 Å². The fourth-order valence-corrected chi connectivity index (χ4v) is 5.39. The summed E-state index contributed by atoms with van der Waals surface area (Å²) in [4.78, 5) is 11.4. The first-order chi connectivity index (χ1) is 7.55. The molecule has 4 rings (SSSR count). The summed E-state index contributed by atoms with van der Waals surface area (Å²) in [6.07, 6.45) is 9.37. The minimum absolute atomic E-state index is 0.174. The molecule has 2 atom stereocenters. The fourth-order valence-electron chi connectivity index (χ4n) is 5.39. The number of hydrogen-bond acceptors (Lipinski definition) is 1. The Bertz CT molecular complexity index is 309. The highest BCUT2D eigenvalue weighted by atomic mass is 16.1. The van der Waals surface area contributed by atoms with E-state index in [1.807, 2.05) is 0 Å². The van der Waals surface area contributed by atoms with Crippen LogP contribution in [-0.2, 0) is 4.79 Å². The van der Waals surface area contributed by atoms with E-state index in [0.717, 1.165) is 11.8 Å². The molecule has 4 bridgehead atoms. The molecule has 2 heteroatoms. The third-order valence-electron chi connectivity index (χ3n) is 5.37. The van der Waals surface area contributed by atoms with Crippen LogP contribution in [0.4, 0.5) is 0 Å². The third-order valence-corrected chi connectivity index (χ3v) is 5.37. The van der Waals surface area contributed by atoms with E-state index in [9.17, 15) is 4.79 Å². The molecule has 4 saturated carbocycles. The van der Waals surface area contributed by atoms with Gasteiger partial charge < -0.3 is 5.32 Å². The molecule has 16 heavy (non-hydrogen) atoms. The summed E-state index contributed by atoms with van der Waals surface area (Å²) in [5.74, 6) is 1.97. The van der Waals surface area contributed by atoms with Crippen molar-refractivity contribution in [3.05, 3.63) is 0 Å². The summed E-state index contributed by atoms with van der Waals surface area (Å²) < 4.78 is 0. The SMILES string of the molecule is CCC12CC3CC(C1)CC(NC(C)=O)(C3)C2. The van der Waals surface area contributed by atoms with Gasteiger partial charge in [-0.1, -0.05) is 13.3 Å². The molecule has 2 nitrogen and oxygen atoms in total. The van der Waals surface area contributed by atoms with E-state index >= 15 is 0 Å². The molecular weight excluding hydrogens is 198 g/mol. The van der Waals surface area contributed by atoms with Gasteiger partial charge >= 0.3 is 0 Å². The van der Waals surface area contributed by atoms with Gasteiger partial charge in [0.25, 0.3) is 0 Å². The monoisotopic (exact) mass is 221 g/mol. The molecule has 4 fully saturated rings. The Morgan fingerprint density at radius 3 is 2.38 bits per heavy atom. The largest absolute Gasteiger partial charge is 0.351 e. The zero-order chi connectivity index (χ0) is 11.4. The van der Waals surface area contributed by atoms with Crippen molar-refractivity contribution in [2.45, 2.75) is 64.3 Å². The predicted molar refractivity (Wildman–Crippen MR) is 64.0 cm³/mol. The first-order valence-electron chi connectivity index (χ1n) is 6.84. The molecule has 0 aromatic heterocycles. The Morgan fingerprint density at radius 2 is 1.88 bits per heavy atom. The lowest BCUT2D eigenvalue weighted by Gasteiger charge is -2.62. The van der Waals surface area contributed by atoms with E-state index in [-0.39, 0.29) is 11.4 Å². The molecule has 4 aliphatic rings. The van der Waals surface area contributed by atoms with Gasteiger partial charge in [0.2, 0.25) is 5.91 Å². The van der Waals surface area contributed by atoms with Crippen molar-refractivity contribution in [3.8, 4) is 0 Å².